The molecule has 31 heavy (non-hydrogen) atoms. The monoisotopic (exact) mass is 564 g/mol. The van der Waals surface area contributed by atoms with Crippen molar-refractivity contribution < 1.29 is 14.3 Å². The number of rotatable bonds is 4. The van der Waals surface area contributed by atoms with Gasteiger partial charge in [0, 0.05) is 25.5 Å². The minimum atomic E-state index is -0.527. The van der Waals surface area contributed by atoms with E-state index >= 15 is 0 Å². The van der Waals surface area contributed by atoms with E-state index in [2.05, 4.69) is 44.1 Å². The maximum absolute atomic E-state index is 13.2. The van der Waals surface area contributed by atoms with Crippen molar-refractivity contribution in [2.24, 2.45) is 10.1 Å². The third-order valence-corrected chi connectivity index (χ3v) is 7.21. The lowest BCUT2D eigenvalue weighted by molar-refractivity contribution is -0.116. The van der Waals surface area contributed by atoms with Gasteiger partial charge in [-0.15, -0.1) is 5.10 Å². The van der Waals surface area contributed by atoms with Gasteiger partial charge in [-0.3, -0.25) is 15.1 Å². The molecule has 0 saturated heterocycles. The van der Waals surface area contributed by atoms with Crippen molar-refractivity contribution in [3.05, 3.63) is 55.4 Å². The van der Waals surface area contributed by atoms with Crippen LogP contribution in [0.3, 0.4) is 0 Å². The molecule has 3 heterocycles. The number of benzene rings is 2. The molecule has 1 atom stereocenters. The minimum absolute atomic E-state index is 0.184. The molecule has 1 N–H and O–H groups in total. The van der Waals surface area contributed by atoms with Crippen molar-refractivity contribution in [3.63, 3.8) is 0 Å². The molecule has 7 nitrogen and oxygen atoms in total. The maximum atomic E-state index is 13.2. The molecule has 0 spiro atoms. The van der Waals surface area contributed by atoms with Crippen molar-refractivity contribution in [1.29, 1.82) is 0 Å². The third-order valence-electron chi connectivity index (χ3n) is 5.08. The van der Waals surface area contributed by atoms with E-state index in [0.717, 1.165) is 43.7 Å². The SMILES string of the molecule is CCCCSC1=NN2C(=c3cc(Br)ccc3=N[C@H]2c2cc3c(cc2Br)OCO3)C(=O)N1. The highest BCUT2D eigenvalue weighted by molar-refractivity contribution is 9.10. The van der Waals surface area contributed by atoms with Crippen molar-refractivity contribution >= 4 is 60.4 Å². The Balaban J connectivity index is 1.67. The quantitative estimate of drug-likeness (QED) is 0.573. The van der Waals surface area contributed by atoms with Crippen LogP contribution in [0.5, 0.6) is 11.5 Å². The second-order valence-corrected chi connectivity index (χ2v) is 10.00. The Morgan fingerprint density at radius 2 is 2.03 bits per heavy atom. The number of halogens is 2. The Hall–Kier alpha value is -2.04. The van der Waals surface area contributed by atoms with Gasteiger partial charge in [0.1, 0.15) is 5.70 Å². The smallest absolute Gasteiger partial charge is 0.276 e. The number of ether oxygens (including phenoxy) is 2. The molecule has 0 unspecified atom stereocenters. The van der Waals surface area contributed by atoms with E-state index in [9.17, 15) is 4.79 Å². The predicted molar refractivity (Wildman–Crippen MR) is 126 cm³/mol. The number of thioether (sulfide) groups is 1. The lowest BCUT2D eigenvalue weighted by Crippen LogP contribution is -2.50. The summed E-state index contributed by atoms with van der Waals surface area (Å²) in [6.07, 6.45) is 1.60. The number of carbonyl (C=O) groups excluding carboxylic acids is 1. The zero-order valence-electron chi connectivity index (χ0n) is 16.5. The summed E-state index contributed by atoms with van der Waals surface area (Å²) in [5.41, 5.74) is 1.31. The first kappa shape index (κ1) is 20.8. The first-order valence-corrected chi connectivity index (χ1v) is 12.4. The Labute approximate surface area is 199 Å². The highest BCUT2D eigenvalue weighted by atomic mass is 79.9. The number of amides is 1. The number of hydrazone groups is 1. The van der Waals surface area contributed by atoms with E-state index in [4.69, 9.17) is 19.6 Å². The standard InChI is InChI=1S/C21H18Br2N4O3S/c1-2-3-6-31-21-25-20(28)18-13-7-11(22)4-5-15(13)24-19(27(18)26-21)12-8-16-17(9-14(12)23)30-10-29-16/h4-5,7-9,19H,2-3,6,10H2,1H3,(H,25,26,28)/t19-/m1/s1. The number of hydrogen-bond donors (Lipinski definition) is 1. The van der Waals surface area contributed by atoms with Crippen LogP contribution in [0.4, 0.5) is 0 Å². The molecule has 160 valence electrons. The van der Waals surface area contributed by atoms with E-state index in [-0.39, 0.29) is 12.7 Å². The van der Waals surface area contributed by atoms with Crippen LogP contribution in [0.25, 0.3) is 5.70 Å². The Bertz CT molecular complexity index is 1230. The first-order chi connectivity index (χ1) is 15.0. The second-order valence-electron chi connectivity index (χ2n) is 7.15. The zero-order chi connectivity index (χ0) is 21.5. The molecule has 0 radical (unpaired) electrons. The molecule has 1 amide bonds. The summed E-state index contributed by atoms with van der Waals surface area (Å²) in [4.78, 5) is 18.2. The van der Waals surface area contributed by atoms with Gasteiger partial charge in [0.05, 0.1) is 5.36 Å². The molecule has 0 bridgehead atoms. The lowest BCUT2D eigenvalue weighted by atomic mass is 10.1. The lowest BCUT2D eigenvalue weighted by Gasteiger charge is -2.34. The fraction of sp³-hybridized carbons (Fsp3) is 0.286. The van der Waals surface area contributed by atoms with Crippen LogP contribution in [0.1, 0.15) is 31.5 Å². The van der Waals surface area contributed by atoms with Crippen LogP contribution in [-0.4, -0.2) is 28.6 Å². The van der Waals surface area contributed by atoms with Crippen molar-refractivity contribution in [3.8, 4) is 11.5 Å². The van der Waals surface area contributed by atoms with Gasteiger partial charge < -0.3 is 9.47 Å². The van der Waals surface area contributed by atoms with Crippen LogP contribution < -0.4 is 25.4 Å². The van der Waals surface area contributed by atoms with Gasteiger partial charge in [-0.2, -0.15) is 0 Å². The van der Waals surface area contributed by atoms with E-state index in [1.807, 2.05) is 30.3 Å². The normalized spacial score (nSPS) is 18.7. The van der Waals surface area contributed by atoms with Gasteiger partial charge in [-0.05, 0) is 36.8 Å². The Kier molecular flexibility index (Phi) is 5.70. The van der Waals surface area contributed by atoms with E-state index < -0.39 is 6.17 Å². The molecule has 0 saturated carbocycles. The third kappa shape index (κ3) is 3.85. The minimum Gasteiger partial charge on any atom is -0.454 e. The molecule has 3 aliphatic rings. The molecule has 3 aliphatic heterocycles. The largest absolute Gasteiger partial charge is 0.454 e. The number of nitrogens with one attached hydrogen (secondary N) is 1. The highest BCUT2D eigenvalue weighted by Gasteiger charge is 2.36. The van der Waals surface area contributed by atoms with E-state index in [0.29, 0.717) is 22.4 Å². The van der Waals surface area contributed by atoms with E-state index in [1.165, 1.54) is 0 Å². The number of unbranched alkanes of at least 4 members (excludes halogenated alkanes) is 1. The average molecular weight is 566 g/mol. The van der Waals surface area contributed by atoms with Crippen molar-refractivity contribution in [2.75, 3.05) is 12.5 Å². The van der Waals surface area contributed by atoms with E-state index in [1.54, 1.807) is 16.8 Å². The molecule has 10 heteroatoms. The molecule has 5 rings (SSSR count). The number of carbonyl (C=O) groups is 1. The van der Waals surface area contributed by atoms with Crippen molar-refractivity contribution in [1.82, 2.24) is 10.3 Å². The van der Waals surface area contributed by atoms with Crippen LogP contribution in [0, 0.1) is 0 Å². The molecular weight excluding hydrogens is 548 g/mol. The van der Waals surface area contributed by atoms with Gasteiger partial charge >= 0.3 is 0 Å². The van der Waals surface area contributed by atoms with Crippen LogP contribution in [0.2, 0.25) is 0 Å². The number of amidine groups is 1. The van der Waals surface area contributed by atoms with Crippen LogP contribution in [0.15, 0.2) is 49.4 Å². The predicted octanol–water partition coefficient (Wildman–Crippen LogP) is 3.62. The molecule has 0 aliphatic carbocycles. The van der Waals surface area contributed by atoms with Crippen LogP contribution >= 0.6 is 43.6 Å². The molecule has 0 fully saturated rings. The van der Waals surface area contributed by atoms with Crippen molar-refractivity contribution in [2.45, 2.75) is 25.9 Å². The molecule has 2 aromatic rings. The average Bonchev–Trinajstić information content (AvgIpc) is 3.20. The molecule has 2 aromatic carbocycles. The van der Waals surface area contributed by atoms with Gasteiger partial charge in [-0.25, -0.2) is 5.01 Å². The number of fused-ring (bicyclic) bond motifs is 3. The second kappa shape index (κ2) is 8.48. The summed E-state index contributed by atoms with van der Waals surface area (Å²) in [5, 5.41) is 11.5. The zero-order valence-corrected chi connectivity index (χ0v) is 20.5. The summed E-state index contributed by atoms with van der Waals surface area (Å²) in [6.45, 7) is 2.32. The highest BCUT2D eigenvalue weighted by Crippen LogP contribution is 2.42. The first-order valence-electron chi connectivity index (χ1n) is 9.84. The Morgan fingerprint density at radius 1 is 1.23 bits per heavy atom. The van der Waals surface area contributed by atoms with Gasteiger partial charge in [0.2, 0.25) is 6.79 Å². The molecule has 0 aromatic heterocycles. The summed E-state index contributed by atoms with van der Waals surface area (Å²) >= 11 is 8.69. The molecular formula is C21H18Br2N4O3S. The summed E-state index contributed by atoms with van der Waals surface area (Å²) in [5.74, 6) is 2.02. The Morgan fingerprint density at radius 3 is 2.84 bits per heavy atom. The van der Waals surface area contributed by atoms with Gasteiger partial charge in [0.15, 0.2) is 22.8 Å². The number of hydrogen-bond acceptors (Lipinski definition) is 7. The fourth-order valence-electron chi connectivity index (χ4n) is 3.56. The topological polar surface area (TPSA) is 75.5 Å². The van der Waals surface area contributed by atoms with Gasteiger partial charge in [0.25, 0.3) is 5.91 Å². The summed E-state index contributed by atoms with van der Waals surface area (Å²) in [6, 6.07) is 9.49. The summed E-state index contributed by atoms with van der Waals surface area (Å²) < 4.78 is 12.7. The number of nitrogens with zero attached hydrogens (tertiary/aromatic N) is 3. The summed E-state index contributed by atoms with van der Waals surface area (Å²) in [7, 11) is 0. The van der Waals surface area contributed by atoms with Crippen LogP contribution in [-0.2, 0) is 4.79 Å². The van der Waals surface area contributed by atoms with Gasteiger partial charge in [-0.1, -0.05) is 57.0 Å². The fourth-order valence-corrected chi connectivity index (χ4v) is 5.39. The maximum Gasteiger partial charge on any atom is 0.276 e.